The first-order chi connectivity index (χ1) is 19.0. The first kappa shape index (κ1) is 28.4. The molecule has 3 aromatic carbocycles. The molecular formula is C28H21ClF3N3O5. The Kier molecular flexibility index (Phi) is 8.24. The summed E-state index contributed by atoms with van der Waals surface area (Å²) in [6, 6.07) is 15.8. The number of anilines is 3. The number of rotatable bonds is 8. The van der Waals surface area contributed by atoms with Gasteiger partial charge in [-0.3, -0.25) is 14.4 Å². The molecule has 0 radical (unpaired) electrons. The number of nitrogens with zero attached hydrogens (tertiary/aromatic N) is 1. The molecule has 0 bridgehead atoms. The lowest BCUT2D eigenvalue weighted by molar-refractivity contribution is -0.137. The monoisotopic (exact) mass is 571 g/mol. The fourth-order valence-corrected chi connectivity index (χ4v) is 3.99. The van der Waals surface area contributed by atoms with Crippen molar-refractivity contribution < 1.29 is 37.1 Å². The van der Waals surface area contributed by atoms with Gasteiger partial charge in [-0.2, -0.15) is 13.2 Å². The van der Waals surface area contributed by atoms with Crippen molar-refractivity contribution in [3.63, 3.8) is 0 Å². The van der Waals surface area contributed by atoms with Gasteiger partial charge in [-0.05, 0) is 61.0 Å². The van der Waals surface area contributed by atoms with Crippen molar-refractivity contribution in [1.29, 1.82) is 0 Å². The Hall–Kier alpha value is -4.64. The average Bonchev–Trinajstić information content (AvgIpc) is 3.14. The second-order valence-corrected chi connectivity index (χ2v) is 8.90. The van der Waals surface area contributed by atoms with E-state index in [9.17, 15) is 32.3 Å². The number of carbonyl (C=O) groups excluding carboxylic acids is 4. The van der Waals surface area contributed by atoms with E-state index >= 15 is 0 Å². The van der Waals surface area contributed by atoms with E-state index in [-0.39, 0.29) is 34.8 Å². The van der Waals surface area contributed by atoms with Gasteiger partial charge in [0, 0.05) is 11.3 Å². The molecule has 8 nitrogen and oxygen atoms in total. The van der Waals surface area contributed by atoms with Gasteiger partial charge in [0.2, 0.25) is 0 Å². The minimum Gasteiger partial charge on any atom is -0.462 e. The SMILES string of the molecule is CCCOC(=O)c1cccc(N2C(=O)C(Cl)=C(Nc3ccc(C(=O)Nc4ccccc4C(F)(F)F)cc3)C2=O)c1. The molecule has 1 heterocycles. The summed E-state index contributed by atoms with van der Waals surface area (Å²) in [5.41, 5.74) is -1.03. The highest BCUT2D eigenvalue weighted by Crippen LogP contribution is 2.35. The van der Waals surface area contributed by atoms with Gasteiger partial charge in [-0.1, -0.05) is 36.7 Å². The largest absolute Gasteiger partial charge is 0.462 e. The predicted molar refractivity (Wildman–Crippen MR) is 142 cm³/mol. The van der Waals surface area contributed by atoms with E-state index in [1.54, 1.807) is 0 Å². The maximum atomic E-state index is 13.2. The van der Waals surface area contributed by atoms with Crippen molar-refractivity contribution in [2.24, 2.45) is 0 Å². The molecule has 0 atom stereocenters. The molecule has 4 rings (SSSR count). The zero-order chi connectivity index (χ0) is 29.0. The third-order valence-electron chi connectivity index (χ3n) is 5.70. The molecule has 1 aliphatic rings. The third kappa shape index (κ3) is 5.99. The molecule has 0 saturated heterocycles. The number of halogens is 4. The summed E-state index contributed by atoms with van der Waals surface area (Å²) in [6.07, 6.45) is -4.02. The Morgan fingerprint density at radius 3 is 2.30 bits per heavy atom. The topological polar surface area (TPSA) is 105 Å². The number of carbonyl (C=O) groups is 4. The summed E-state index contributed by atoms with van der Waals surface area (Å²) in [5, 5.41) is 4.60. The highest BCUT2D eigenvalue weighted by Gasteiger charge is 2.39. The maximum absolute atomic E-state index is 13.2. The van der Waals surface area contributed by atoms with E-state index in [2.05, 4.69) is 10.6 Å². The molecule has 206 valence electrons. The lowest BCUT2D eigenvalue weighted by Gasteiger charge is -2.16. The van der Waals surface area contributed by atoms with E-state index in [1.165, 1.54) is 60.7 Å². The van der Waals surface area contributed by atoms with E-state index < -0.39 is 46.2 Å². The van der Waals surface area contributed by atoms with Crippen LogP contribution in [-0.2, 0) is 20.5 Å². The number of alkyl halides is 3. The molecule has 0 spiro atoms. The number of esters is 1. The minimum atomic E-state index is -4.65. The molecular weight excluding hydrogens is 551 g/mol. The number of nitrogens with one attached hydrogen (secondary N) is 2. The fourth-order valence-electron chi connectivity index (χ4n) is 3.78. The van der Waals surface area contributed by atoms with Crippen LogP contribution in [0.5, 0.6) is 0 Å². The van der Waals surface area contributed by atoms with Crippen LogP contribution < -0.4 is 15.5 Å². The molecule has 12 heteroatoms. The Balaban J connectivity index is 1.48. The van der Waals surface area contributed by atoms with Crippen LogP contribution in [0.15, 0.2) is 83.5 Å². The zero-order valence-electron chi connectivity index (χ0n) is 20.8. The zero-order valence-corrected chi connectivity index (χ0v) is 21.6. The normalized spacial score (nSPS) is 13.5. The number of ether oxygens (including phenoxy) is 1. The maximum Gasteiger partial charge on any atom is 0.418 e. The van der Waals surface area contributed by atoms with Gasteiger partial charge in [-0.15, -0.1) is 0 Å². The molecule has 3 amide bonds. The van der Waals surface area contributed by atoms with Crippen LogP contribution in [0.1, 0.15) is 39.6 Å². The van der Waals surface area contributed by atoms with Gasteiger partial charge in [0.05, 0.1) is 29.1 Å². The van der Waals surface area contributed by atoms with E-state index in [4.69, 9.17) is 16.3 Å². The van der Waals surface area contributed by atoms with Crippen LogP contribution in [0.3, 0.4) is 0 Å². The quantitative estimate of drug-likeness (QED) is 0.255. The second kappa shape index (κ2) is 11.6. The number of benzene rings is 3. The van der Waals surface area contributed by atoms with Crippen molar-refractivity contribution in [2.75, 3.05) is 22.1 Å². The van der Waals surface area contributed by atoms with Crippen LogP contribution >= 0.6 is 11.6 Å². The summed E-state index contributed by atoms with van der Waals surface area (Å²) < 4.78 is 44.8. The second-order valence-electron chi connectivity index (χ2n) is 8.52. The molecule has 0 aliphatic carbocycles. The Morgan fingerprint density at radius 1 is 0.925 bits per heavy atom. The van der Waals surface area contributed by atoms with Crippen LogP contribution in [0.25, 0.3) is 0 Å². The van der Waals surface area contributed by atoms with Crippen molar-refractivity contribution in [3.05, 3.63) is 100 Å². The molecule has 3 aromatic rings. The van der Waals surface area contributed by atoms with E-state index in [1.807, 2.05) is 6.92 Å². The van der Waals surface area contributed by atoms with E-state index in [0.29, 0.717) is 6.42 Å². The van der Waals surface area contributed by atoms with Gasteiger partial charge in [0.15, 0.2) is 0 Å². The Morgan fingerprint density at radius 2 is 1.62 bits per heavy atom. The average molecular weight is 572 g/mol. The van der Waals surface area contributed by atoms with Gasteiger partial charge in [0.1, 0.15) is 10.7 Å². The molecule has 0 aromatic heterocycles. The van der Waals surface area contributed by atoms with Crippen LogP contribution in [0.4, 0.5) is 30.2 Å². The highest BCUT2D eigenvalue weighted by molar-refractivity contribution is 6.53. The van der Waals surface area contributed by atoms with Crippen molar-refractivity contribution >= 4 is 52.4 Å². The molecule has 0 saturated carbocycles. The van der Waals surface area contributed by atoms with Crippen molar-refractivity contribution in [2.45, 2.75) is 19.5 Å². The van der Waals surface area contributed by atoms with E-state index in [0.717, 1.165) is 17.0 Å². The predicted octanol–water partition coefficient (Wildman–Crippen LogP) is 5.96. The smallest absolute Gasteiger partial charge is 0.418 e. The Bertz CT molecular complexity index is 1520. The molecule has 0 unspecified atom stereocenters. The van der Waals surface area contributed by atoms with Crippen LogP contribution in [0, 0.1) is 0 Å². The summed E-state index contributed by atoms with van der Waals surface area (Å²) in [4.78, 5) is 51.5. The number of hydrogen-bond acceptors (Lipinski definition) is 6. The Labute approximate surface area is 231 Å². The molecule has 40 heavy (non-hydrogen) atoms. The highest BCUT2D eigenvalue weighted by atomic mass is 35.5. The van der Waals surface area contributed by atoms with Gasteiger partial charge >= 0.3 is 12.1 Å². The fraction of sp³-hybridized carbons (Fsp3) is 0.143. The summed E-state index contributed by atoms with van der Waals surface area (Å²) in [7, 11) is 0. The minimum absolute atomic E-state index is 0.0461. The summed E-state index contributed by atoms with van der Waals surface area (Å²) in [6.45, 7) is 2.06. The number of hydrogen-bond donors (Lipinski definition) is 2. The van der Waals surface area contributed by atoms with Gasteiger partial charge < -0.3 is 15.4 Å². The number of imide groups is 1. The lowest BCUT2D eigenvalue weighted by atomic mass is 10.1. The number of para-hydroxylation sites is 1. The molecule has 1 aliphatic heterocycles. The third-order valence-corrected chi connectivity index (χ3v) is 6.05. The number of amides is 3. The first-order valence-corrected chi connectivity index (χ1v) is 12.3. The first-order valence-electron chi connectivity index (χ1n) is 11.9. The lowest BCUT2D eigenvalue weighted by Crippen LogP contribution is -2.32. The summed E-state index contributed by atoms with van der Waals surface area (Å²) in [5.74, 6) is -2.98. The van der Waals surface area contributed by atoms with Crippen LogP contribution in [-0.4, -0.2) is 30.3 Å². The molecule has 2 N–H and O–H groups in total. The van der Waals surface area contributed by atoms with Crippen molar-refractivity contribution in [3.8, 4) is 0 Å². The summed E-state index contributed by atoms with van der Waals surface area (Å²) >= 11 is 6.17. The van der Waals surface area contributed by atoms with Gasteiger partial charge in [0.25, 0.3) is 17.7 Å². The van der Waals surface area contributed by atoms with Crippen LogP contribution in [0.2, 0.25) is 0 Å². The standard InChI is InChI=1S/C28H21ClF3N3O5/c1-2-14-40-27(39)17-6-5-7-19(15-17)35-25(37)22(29)23(26(35)38)33-18-12-10-16(11-13-18)24(36)34-21-9-4-3-8-20(21)28(30,31)32/h3-13,15,33H,2,14H2,1H3,(H,34,36). The molecule has 0 fully saturated rings. The van der Waals surface area contributed by atoms with Gasteiger partial charge in [-0.25, -0.2) is 9.69 Å². The van der Waals surface area contributed by atoms with Crippen molar-refractivity contribution in [1.82, 2.24) is 0 Å².